The molecule has 5 rings (SSSR count). The third kappa shape index (κ3) is 3.86. The summed E-state index contributed by atoms with van der Waals surface area (Å²) in [4.78, 5) is 11.3. The second-order valence-corrected chi connectivity index (χ2v) is 8.41. The Morgan fingerprint density at radius 2 is 1.87 bits per heavy atom. The van der Waals surface area contributed by atoms with E-state index in [1.165, 1.54) is 25.0 Å². The first-order chi connectivity index (χ1) is 14.7. The molecule has 1 aliphatic carbocycles. The standard InChI is InChI=1S/C23H24F2N4O/c24-20-8-7-15(10-21(20)25)12-29-13-18(17-6-3-9-26-11-17)19(14-29)23-27-22(28-30-23)16-4-1-2-5-16/h3,6-11,16,18-19H,1-2,4-5,12-14H2/t18-,19+/m0/s1. The first-order valence-electron chi connectivity index (χ1n) is 10.6. The minimum atomic E-state index is -0.823. The van der Waals surface area contributed by atoms with Crippen molar-refractivity contribution >= 4 is 0 Å². The summed E-state index contributed by atoms with van der Waals surface area (Å²) in [5.74, 6) is 0.453. The molecule has 1 aliphatic heterocycles. The summed E-state index contributed by atoms with van der Waals surface area (Å²) in [5.41, 5.74) is 1.87. The van der Waals surface area contributed by atoms with Crippen LogP contribution in [0.25, 0.3) is 0 Å². The van der Waals surface area contributed by atoms with Crippen LogP contribution in [-0.2, 0) is 6.54 Å². The molecular formula is C23H24F2N4O. The maximum Gasteiger partial charge on any atom is 0.231 e. The molecule has 30 heavy (non-hydrogen) atoms. The summed E-state index contributed by atoms with van der Waals surface area (Å²) in [6.45, 7) is 2.01. The van der Waals surface area contributed by atoms with Crippen molar-refractivity contribution in [1.82, 2.24) is 20.0 Å². The highest BCUT2D eigenvalue weighted by Crippen LogP contribution is 2.40. The SMILES string of the molecule is Fc1ccc(CN2C[C@@H](c3cccnc3)[C@H](c3nc(C4CCCC4)no3)C2)cc1F. The Morgan fingerprint density at radius 1 is 1.03 bits per heavy atom. The van der Waals surface area contributed by atoms with E-state index in [0.29, 0.717) is 24.9 Å². The second-order valence-electron chi connectivity index (χ2n) is 8.41. The Morgan fingerprint density at radius 3 is 2.63 bits per heavy atom. The van der Waals surface area contributed by atoms with Gasteiger partial charge in [0.15, 0.2) is 17.5 Å². The van der Waals surface area contributed by atoms with Crippen LogP contribution in [0.15, 0.2) is 47.2 Å². The zero-order valence-electron chi connectivity index (χ0n) is 16.7. The molecule has 0 N–H and O–H groups in total. The molecule has 1 aromatic carbocycles. The van der Waals surface area contributed by atoms with Crippen molar-refractivity contribution in [3.8, 4) is 0 Å². The lowest BCUT2D eigenvalue weighted by molar-refractivity contribution is 0.307. The molecule has 1 saturated carbocycles. The Hall–Kier alpha value is -2.67. The molecule has 5 nitrogen and oxygen atoms in total. The minimum Gasteiger partial charge on any atom is -0.339 e. The van der Waals surface area contributed by atoms with Gasteiger partial charge in [-0.3, -0.25) is 9.88 Å². The highest BCUT2D eigenvalue weighted by molar-refractivity contribution is 5.24. The van der Waals surface area contributed by atoms with Gasteiger partial charge < -0.3 is 4.52 Å². The zero-order valence-corrected chi connectivity index (χ0v) is 16.7. The molecule has 3 heterocycles. The number of hydrogen-bond acceptors (Lipinski definition) is 5. The zero-order chi connectivity index (χ0) is 20.5. The molecule has 2 atom stereocenters. The summed E-state index contributed by atoms with van der Waals surface area (Å²) >= 11 is 0. The third-order valence-electron chi connectivity index (χ3n) is 6.39. The van der Waals surface area contributed by atoms with Gasteiger partial charge >= 0.3 is 0 Å². The van der Waals surface area contributed by atoms with Crippen LogP contribution in [0.4, 0.5) is 8.78 Å². The van der Waals surface area contributed by atoms with Crippen LogP contribution in [0, 0.1) is 11.6 Å². The van der Waals surface area contributed by atoms with Gasteiger partial charge in [-0.1, -0.05) is 30.1 Å². The van der Waals surface area contributed by atoms with Crippen LogP contribution < -0.4 is 0 Å². The number of nitrogens with zero attached hydrogens (tertiary/aromatic N) is 4. The second kappa shape index (κ2) is 8.22. The van der Waals surface area contributed by atoms with E-state index in [1.54, 1.807) is 12.3 Å². The summed E-state index contributed by atoms with van der Waals surface area (Å²) < 4.78 is 32.7. The average molecular weight is 410 g/mol. The summed E-state index contributed by atoms with van der Waals surface area (Å²) in [7, 11) is 0. The fourth-order valence-electron chi connectivity index (χ4n) is 4.84. The first kappa shape index (κ1) is 19.3. The van der Waals surface area contributed by atoms with Gasteiger partial charge in [0.25, 0.3) is 0 Å². The largest absolute Gasteiger partial charge is 0.339 e. The molecule has 0 unspecified atom stereocenters. The maximum absolute atomic E-state index is 13.7. The van der Waals surface area contributed by atoms with E-state index in [1.807, 2.05) is 12.3 Å². The fraction of sp³-hybridized carbons (Fsp3) is 0.435. The number of benzene rings is 1. The van der Waals surface area contributed by atoms with Gasteiger partial charge in [0, 0.05) is 43.9 Å². The minimum absolute atomic E-state index is 0.0437. The summed E-state index contributed by atoms with van der Waals surface area (Å²) in [6, 6.07) is 8.09. The van der Waals surface area contributed by atoms with E-state index in [4.69, 9.17) is 9.51 Å². The van der Waals surface area contributed by atoms with Gasteiger partial charge in [-0.2, -0.15) is 4.98 Å². The Bertz CT molecular complexity index is 1000. The molecule has 156 valence electrons. The summed E-state index contributed by atoms with van der Waals surface area (Å²) in [5, 5.41) is 4.29. The Kier molecular flexibility index (Phi) is 5.29. The summed E-state index contributed by atoms with van der Waals surface area (Å²) in [6.07, 6.45) is 8.33. The van der Waals surface area contributed by atoms with Crippen LogP contribution >= 0.6 is 0 Å². The van der Waals surface area contributed by atoms with Crippen LogP contribution in [0.1, 0.15) is 66.3 Å². The third-order valence-corrected chi connectivity index (χ3v) is 6.39. The van der Waals surface area contributed by atoms with E-state index in [9.17, 15) is 8.78 Å². The molecule has 1 saturated heterocycles. The highest BCUT2D eigenvalue weighted by atomic mass is 19.2. The van der Waals surface area contributed by atoms with E-state index in [0.717, 1.165) is 36.3 Å². The van der Waals surface area contributed by atoms with Gasteiger partial charge in [-0.25, -0.2) is 8.78 Å². The lowest BCUT2D eigenvalue weighted by atomic mass is 9.90. The molecule has 3 aromatic rings. The van der Waals surface area contributed by atoms with Crippen molar-refractivity contribution < 1.29 is 13.3 Å². The molecule has 7 heteroatoms. The smallest absolute Gasteiger partial charge is 0.231 e. The maximum atomic E-state index is 13.7. The van der Waals surface area contributed by atoms with E-state index in [2.05, 4.69) is 21.1 Å². The van der Waals surface area contributed by atoms with Gasteiger partial charge in [0.1, 0.15) is 0 Å². The Labute approximate surface area is 174 Å². The molecule has 0 spiro atoms. The molecule has 2 aliphatic rings. The predicted molar refractivity (Wildman–Crippen MR) is 107 cm³/mol. The number of likely N-dealkylation sites (tertiary alicyclic amines) is 1. The number of hydrogen-bond donors (Lipinski definition) is 0. The van der Waals surface area contributed by atoms with Gasteiger partial charge in [0.2, 0.25) is 5.89 Å². The van der Waals surface area contributed by atoms with Crippen molar-refractivity contribution in [2.75, 3.05) is 13.1 Å². The molecule has 2 aromatic heterocycles. The van der Waals surface area contributed by atoms with Crippen molar-refractivity contribution in [3.05, 3.63) is 77.2 Å². The van der Waals surface area contributed by atoms with Crippen molar-refractivity contribution in [2.24, 2.45) is 0 Å². The number of aromatic nitrogens is 3. The predicted octanol–water partition coefficient (Wildman–Crippen LogP) is 4.78. The van der Waals surface area contributed by atoms with Gasteiger partial charge in [-0.15, -0.1) is 0 Å². The normalized spacial score (nSPS) is 22.7. The lowest BCUT2D eigenvalue weighted by Gasteiger charge is -2.16. The van der Waals surface area contributed by atoms with E-state index < -0.39 is 11.6 Å². The average Bonchev–Trinajstić information content (AvgIpc) is 3.51. The van der Waals surface area contributed by atoms with Crippen LogP contribution in [0.5, 0.6) is 0 Å². The van der Waals surface area contributed by atoms with Gasteiger partial charge in [0.05, 0.1) is 5.92 Å². The Balaban J connectivity index is 1.39. The lowest BCUT2D eigenvalue weighted by Crippen LogP contribution is -2.20. The van der Waals surface area contributed by atoms with Crippen molar-refractivity contribution in [2.45, 2.75) is 50.0 Å². The van der Waals surface area contributed by atoms with Crippen LogP contribution in [0.3, 0.4) is 0 Å². The molecular weight excluding hydrogens is 386 g/mol. The van der Waals surface area contributed by atoms with Gasteiger partial charge in [-0.05, 0) is 42.2 Å². The fourth-order valence-corrected chi connectivity index (χ4v) is 4.84. The molecule has 0 amide bonds. The molecule has 2 fully saturated rings. The topological polar surface area (TPSA) is 55.1 Å². The highest BCUT2D eigenvalue weighted by Gasteiger charge is 2.39. The van der Waals surface area contributed by atoms with Crippen LogP contribution in [0.2, 0.25) is 0 Å². The van der Waals surface area contributed by atoms with E-state index >= 15 is 0 Å². The first-order valence-corrected chi connectivity index (χ1v) is 10.6. The van der Waals surface area contributed by atoms with Crippen LogP contribution in [-0.4, -0.2) is 33.1 Å². The number of rotatable bonds is 5. The van der Waals surface area contributed by atoms with Crippen molar-refractivity contribution in [1.29, 1.82) is 0 Å². The number of halogens is 2. The quantitative estimate of drug-likeness (QED) is 0.606. The monoisotopic (exact) mass is 410 g/mol. The number of pyridine rings is 1. The van der Waals surface area contributed by atoms with Crippen molar-refractivity contribution in [3.63, 3.8) is 0 Å². The van der Waals surface area contributed by atoms with E-state index in [-0.39, 0.29) is 11.8 Å². The molecule has 0 radical (unpaired) electrons. The molecule has 0 bridgehead atoms.